The highest BCUT2D eigenvalue weighted by Gasteiger charge is 2.03. The topological polar surface area (TPSA) is 25.8 Å². The molecule has 78 valence electrons. The maximum Gasteiger partial charge on any atom is 0.123 e. The quantitative estimate of drug-likeness (QED) is 0.748. The molecule has 1 rings (SSSR count). The molecule has 0 spiro atoms. The minimum absolute atomic E-state index is 0.182. The van der Waals surface area contributed by atoms with Crippen LogP contribution in [0, 0.1) is 5.82 Å². The lowest BCUT2D eigenvalue weighted by Gasteiger charge is -2.09. The van der Waals surface area contributed by atoms with Crippen molar-refractivity contribution in [1.29, 1.82) is 0 Å². The average Bonchev–Trinajstić information content (AvgIpc) is 2.17. The van der Waals surface area contributed by atoms with Crippen LogP contribution in [0.25, 0.3) is 0 Å². The Hall–Kier alpha value is -0.930. The van der Waals surface area contributed by atoms with Gasteiger partial charge in [0.25, 0.3) is 0 Å². The van der Waals surface area contributed by atoms with Crippen molar-refractivity contribution >= 4 is 0 Å². The van der Waals surface area contributed by atoms with Gasteiger partial charge in [0.15, 0.2) is 0 Å². The number of halogens is 1. The highest BCUT2D eigenvalue weighted by Crippen LogP contribution is 2.00. The third-order valence-electron chi connectivity index (χ3n) is 2.10. The number of hydrogen-bond acceptors (Lipinski definition) is 1. The molecule has 0 fully saturated rings. The van der Waals surface area contributed by atoms with Gasteiger partial charge in [0.05, 0.1) is 6.61 Å². The molecule has 0 saturated heterocycles. The smallest absolute Gasteiger partial charge is 0.123 e. The van der Waals surface area contributed by atoms with Crippen molar-refractivity contribution < 1.29 is 14.4 Å². The van der Waals surface area contributed by atoms with Crippen molar-refractivity contribution in [3.63, 3.8) is 0 Å². The first-order chi connectivity index (χ1) is 6.72. The number of ether oxygens (including phenoxy) is 1. The third-order valence-corrected chi connectivity index (χ3v) is 2.10. The molecule has 1 aromatic carbocycles. The molecule has 0 amide bonds. The maximum atomic E-state index is 12.6. The highest BCUT2D eigenvalue weighted by molar-refractivity contribution is 5.14. The predicted octanol–water partition coefficient (Wildman–Crippen LogP) is 0.924. The zero-order chi connectivity index (χ0) is 10.4. The molecule has 0 radical (unpaired) electrons. The summed E-state index contributed by atoms with van der Waals surface area (Å²) in [5, 5.41) is 2.18. The molecule has 14 heavy (non-hydrogen) atoms. The van der Waals surface area contributed by atoms with Crippen LogP contribution < -0.4 is 5.32 Å². The van der Waals surface area contributed by atoms with Gasteiger partial charge in [-0.25, -0.2) is 4.39 Å². The summed E-state index contributed by atoms with van der Waals surface area (Å²) in [6.07, 6.45) is 0. The van der Waals surface area contributed by atoms with Crippen LogP contribution in [0.15, 0.2) is 24.3 Å². The van der Waals surface area contributed by atoms with Crippen LogP contribution in [0.2, 0.25) is 0 Å². The summed E-state index contributed by atoms with van der Waals surface area (Å²) in [6, 6.07) is 7.04. The zero-order valence-electron chi connectivity index (χ0n) is 8.66. The second-order valence-electron chi connectivity index (χ2n) is 3.50. The molecule has 2 nitrogen and oxygen atoms in total. The van der Waals surface area contributed by atoms with Gasteiger partial charge in [0, 0.05) is 12.7 Å². The summed E-state index contributed by atoms with van der Waals surface area (Å²) < 4.78 is 17.6. The Morgan fingerprint density at radius 3 is 2.57 bits per heavy atom. The van der Waals surface area contributed by atoms with Crippen LogP contribution in [0.3, 0.4) is 0 Å². The van der Waals surface area contributed by atoms with Gasteiger partial charge in [-0.05, 0) is 19.1 Å². The van der Waals surface area contributed by atoms with E-state index in [9.17, 15) is 4.39 Å². The number of nitrogens with two attached hydrogens (primary N) is 1. The van der Waals surface area contributed by atoms with Crippen molar-refractivity contribution in [1.82, 2.24) is 0 Å². The molecule has 0 aliphatic heterocycles. The Labute approximate surface area is 84.1 Å². The Morgan fingerprint density at radius 2 is 2.00 bits per heavy atom. The van der Waals surface area contributed by atoms with E-state index in [1.165, 1.54) is 12.1 Å². The highest BCUT2D eigenvalue weighted by atomic mass is 19.1. The molecule has 3 heteroatoms. The fourth-order valence-corrected chi connectivity index (χ4v) is 1.29. The third kappa shape index (κ3) is 3.85. The lowest BCUT2D eigenvalue weighted by Crippen LogP contribution is -2.88. The number of benzene rings is 1. The van der Waals surface area contributed by atoms with Gasteiger partial charge >= 0.3 is 0 Å². The molecule has 0 unspecified atom stereocenters. The fraction of sp³-hybridized carbons (Fsp3) is 0.455. The Morgan fingerprint density at radius 1 is 1.36 bits per heavy atom. The molecule has 0 bridgehead atoms. The lowest BCUT2D eigenvalue weighted by atomic mass is 10.2. The summed E-state index contributed by atoms with van der Waals surface area (Å²) >= 11 is 0. The molecule has 0 saturated carbocycles. The molecule has 2 N–H and O–H groups in total. The molecule has 0 aliphatic rings. The summed E-state index contributed by atoms with van der Waals surface area (Å²) in [4.78, 5) is 0. The molecule has 0 aromatic heterocycles. The van der Waals surface area contributed by atoms with Crippen molar-refractivity contribution in [2.24, 2.45) is 0 Å². The van der Waals surface area contributed by atoms with Crippen LogP contribution in [0.4, 0.5) is 4.39 Å². The van der Waals surface area contributed by atoms with E-state index in [0.717, 1.165) is 18.7 Å². The van der Waals surface area contributed by atoms with Gasteiger partial charge < -0.3 is 10.1 Å². The Bertz CT molecular complexity index is 260. The summed E-state index contributed by atoms with van der Waals surface area (Å²) in [5.74, 6) is -0.182. The van der Waals surface area contributed by atoms with Crippen LogP contribution >= 0.6 is 0 Å². The van der Waals surface area contributed by atoms with Crippen LogP contribution in [0.1, 0.15) is 12.5 Å². The molecule has 1 aromatic rings. The fourth-order valence-electron chi connectivity index (χ4n) is 1.29. The predicted molar refractivity (Wildman–Crippen MR) is 53.4 cm³/mol. The maximum absolute atomic E-state index is 12.6. The molecular weight excluding hydrogens is 181 g/mol. The first-order valence-electron chi connectivity index (χ1n) is 4.79. The molecule has 1 atom stereocenters. The van der Waals surface area contributed by atoms with Gasteiger partial charge in [-0.1, -0.05) is 12.1 Å². The Kier molecular flexibility index (Phi) is 4.56. The van der Waals surface area contributed by atoms with Crippen molar-refractivity contribution in [3.05, 3.63) is 35.6 Å². The zero-order valence-corrected chi connectivity index (χ0v) is 8.66. The van der Waals surface area contributed by atoms with E-state index in [2.05, 4.69) is 12.2 Å². The number of rotatable bonds is 5. The van der Waals surface area contributed by atoms with E-state index in [1.807, 2.05) is 12.1 Å². The van der Waals surface area contributed by atoms with Gasteiger partial charge in [-0.2, -0.15) is 0 Å². The number of hydrogen-bond donors (Lipinski definition) is 1. The summed E-state index contributed by atoms with van der Waals surface area (Å²) in [7, 11) is 1.70. The minimum atomic E-state index is -0.182. The number of methoxy groups -OCH3 is 1. The first-order valence-corrected chi connectivity index (χ1v) is 4.79. The van der Waals surface area contributed by atoms with Gasteiger partial charge in [-0.15, -0.1) is 0 Å². The van der Waals surface area contributed by atoms with Crippen molar-refractivity contribution in [3.8, 4) is 0 Å². The van der Waals surface area contributed by atoms with E-state index < -0.39 is 0 Å². The molecular formula is C11H17FNO+. The molecule has 0 aliphatic carbocycles. The van der Waals surface area contributed by atoms with Gasteiger partial charge in [0.1, 0.15) is 18.4 Å². The largest absolute Gasteiger partial charge is 0.379 e. The van der Waals surface area contributed by atoms with Crippen LogP contribution in [-0.4, -0.2) is 19.8 Å². The Balaban J connectivity index is 2.34. The lowest BCUT2D eigenvalue weighted by molar-refractivity contribution is -0.702. The van der Waals surface area contributed by atoms with Crippen molar-refractivity contribution in [2.45, 2.75) is 19.5 Å². The van der Waals surface area contributed by atoms with Gasteiger partial charge in [-0.3, -0.25) is 0 Å². The second-order valence-corrected chi connectivity index (χ2v) is 3.50. The summed E-state index contributed by atoms with van der Waals surface area (Å²) in [5.41, 5.74) is 1.13. The summed E-state index contributed by atoms with van der Waals surface area (Å²) in [6.45, 7) is 3.71. The molecule has 0 heterocycles. The van der Waals surface area contributed by atoms with E-state index in [0.29, 0.717) is 6.04 Å². The van der Waals surface area contributed by atoms with Crippen molar-refractivity contribution in [2.75, 3.05) is 13.7 Å². The van der Waals surface area contributed by atoms with E-state index in [1.54, 1.807) is 7.11 Å². The number of quaternary nitrogens is 1. The monoisotopic (exact) mass is 198 g/mol. The van der Waals surface area contributed by atoms with Crippen LogP contribution in [-0.2, 0) is 11.3 Å². The second kappa shape index (κ2) is 5.73. The van der Waals surface area contributed by atoms with E-state index in [4.69, 9.17) is 4.74 Å². The normalized spacial score (nSPS) is 12.8. The van der Waals surface area contributed by atoms with Gasteiger partial charge in [0.2, 0.25) is 0 Å². The standard InChI is InChI=1S/C11H16FNO/c1-9(8-14-2)13-7-10-3-5-11(12)6-4-10/h3-6,9,13H,7-8H2,1-2H3/p+1/t9-/m1/s1. The average molecular weight is 198 g/mol. The van der Waals surface area contributed by atoms with E-state index >= 15 is 0 Å². The SMILES string of the molecule is COC[C@@H](C)[NH2+]Cc1ccc(F)cc1. The first kappa shape index (κ1) is 11.1. The van der Waals surface area contributed by atoms with Crippen LogP contribution in [0.5, 0.6) is 0 Å². The minimum Gasteiger partial charge on any atom is -0.379 e. The van der Waals surface area contributed by atoms with E-state index in [-0.39, 0.29) is 5.82 Å².